The number of ether oxygens (including phenoxy) is 1. The topological polar surface area (TPSA) is 111 Å². The Kier molecular flexibility index (Phi) is 7.56. The number of nitrogens with two attached hydrogens (primary N) is 1. The maximum absolute atomic E-state index is 12.5. The van der Waals surface area contributed by atoms with Crippen molar-refractivity contribution in [3.05, 3.63) is 65.7 Å². The maximum Gasteiger partial charge on any atom is 0.573 e. The number of hydrogen-bond donors (Lipinski definition) is 3. The highest BCUT2D eigenvalue weighted by Gasteiger charge is 2.31. The van der Waals surface area contributed by atoms with E-state index in [2.05, 4.69) is 15.4 Å². The van der Waals surface area contributed by atoms with E-state index in [0.717, 1.165) is 18.2 Å². The minimum absolute atomic E-state index is 0.0341. The van der Waals surface area contributed by atoms with E-state index in [1.165, 1.54) is 30.3 Å². The Morgan fingerprint density at radius 2 is 1.70 bits per heavy atom. The van der Waals surface area contributed by atoms with Gasteiger partial charge in [-0.3, -0.25) is 14.4 Å². The molecule has 7 nitrogen and oxygen atoms in total. The van der Waals surface area contributed by atoms with Gasteiger partial charge in [0.05, 0.1) is 11.3 Å². The van der Waals surface area contributed by atoms with Gasteiger partial charge in [0.15, 0.2) is 0 Å². The van der Waals surface area contributed by atoms with E-state index < -0.39 is 29.8 Å². The van der Waals surface area contributed by atoms with E-state index in [9.17, 15) is 27.6 Å². The number of alkyl halides is 3. The van der Waals surface area contributed by atoms with Crippen molar-refractivity contribution in [2.24, 2.45) is 5.73 Å². The van der Waals surface area contributed by atoms with Crippen LogP contribution in [0, 0.1) is 0 Å². The highest BCUT2D eigenvalue weighted by molar-refractivity contribution is 6.07. The summed E-state index contributed by atoms with van der Waals surface area (Å²) in [5.41, 5.74) is 5.38. The number of benzene rings is 2. The molecule has 0 aliphatic heterocycles. The van der Waals surface area contributed by atoms with Gasteiger partial charge in [0.1, 0.15) is 5.75 Å². The lowest BCUT2D eigenvalue weighted by Gasteiger charge is -2.11. The van der Waals surface area contributed by atoms with Gasteiger partial charge in [-0.25, -0.2) is 0 Å². The molecule has 0 bridgehead atoms. The minimum Gasteiger partial charge on any atom is -0.405 e. The van der Waals surface area contributed by atoms with Gasteiger partial charge in [-0.1, -0.05) is 30.3 Å². The third-order valence-electron chi connectivity index (χ3n) is 3.65. The van der Waals surface area contributed by atoms with Crippen LogP contribution in [0.3, 0.4) is 0 Å². The lowest BCUT2D eigenvalue weighted by atomic mass is 10.1. The first-order chi connectivity index (χ1) is 14.2. The normalized spacial score (nSPS) is 11.2. The summed E-state index contributed by atoms with van der Waals surface area (Å²) in [6, 6.07) is 11.5. The summed E-state index contributed by atoms with van der Waals surface area (Å²) in [6.45, 7) is 0.0341. The predicted octanol–water partition coefficient (Wildman–Crippen LogP) is 2.84. The number of halogens is 3. The van der Waals surface area contributed by atoms with Crippen molar-refractivity contribution in [2.45, 2.75) is 12.8 Å². The molecule has 0 aromatic heterocycles. The standard InChI is InChI=1S/C20H18F3N3O4/c21-20(22,23)30-16-8-4-1-5-13(16)9-10-18(28)26-15-7-3-2-6-14(15)19(29)25-12-11-17(24)27/h1-10H,11-12H2,(H2,24,27)(H,25,29)(H,26,28)/b10-9+. The molecule has 0 spiro atoms. The maximum atomic E-state index is 12.5. The van der Waals surface area contributed by atoms with Crippen LogP contribution in [-0.4, -0.2) is 30.6 Å². The van der Waals surface area contributed by atoms with Crippen LogP contribution in [-0.2, 0) is 9.59 Å². The first-order valence-electron chi connectivity index (χ1n) is 8.65. The minimum atomic E-state index is -4.87. The van der Waals surface area contributed by atoms with E-state index in [-0.39, 0.29) is 29.8 Å². The lowest BCUT2D eigenvalue weighted by molar-refractivity contribution is -0.274. The molecule has 30 heavy (non-hydrogen) atoms. The summed E-state index contributed by atoms with van der Waals surface area (Å²) in [7, 11) is 0. The average molecular weight is 421 g/mol. The number of carbonyl (C=O) groups is 3. The van der Waals surface area contributed by atoms with Gasteiger partial charge >= 0.3 is 6.36 Å². The molecule has 0 saturated heterocycles. The Morgan fingerprint density at radius 1 is 1.03 bits per heavy atom. The molecule has 2 aromatic rings. The molecule has 3 amide bonds. The molecule has 2 rings (SSSR count). The second-order valence-corrected chi connectivity index (χ2v) is 5.93. The highest BCUT2D eigenvalue weighted by atomic mass is 19.4. The molecular weight excluding hydrogens is 403 g/mol. The van der Waals surface area contributed by atoms with E-state index in [4.69, 9.17) is 5.73 Å². The van der Waals surface area contributed by atoms with Crippen LogP contribution in [0.4, 0.5) is 18.9 Å². The Labute approximate surface area is 169 Å². The molecule has 0 radical (unpaired) electrons. The van der Waals surface area contributed by atoms with Crippen molar-refractivity contribution in [3.63, 3.8) is 0 Å². The molecule has 0 heterocycles. The molecular formula is C20H18F3N3O4. The van der Waals surface area contributed by atoms with E-state index in [1.807, 2.05) is 0 Å². The van der Waals surface area contributed by atoms with Crippen molar-refractivity contribution < 1.29 is 32.3 Å². The lowest BCUT2D eigenvalue weighted by Crippen LogP contribution is -2.28. The summed E-state index contributed by atoms with van der Waals surface area (Å²) in [4.78, 5) is 35.2. The van der Waals surface area contributed by atoms with E-state index in [1.54, 1.807) is 12.1 Å². The number of para-hydroxylation sites is 2. The second-order valence-electron chi connectivity index (χ2n) is 5.93. The van der Waals surface area contributed by atoms with Gasteiger partial charge in [0, 0.05) is 24.6 Å². The fourth-order valence-electron chi connectivity index (χ4n) is 2.36. The smallest absolute Gasteiger partial charge is 0.405 e. The Hall–Kier alpha value is -3.82. The monoisotopic (exact) mass is 421 g/mol. The first kappa shape index (κ1) is 22.5. The Morgan fingerprint density at radius 3 is 2.40 bits per heavy atom. The highest BCUT2D eigenvalue weighted by Crippen LogP contribution is 2.27. The quantitative estimate of drug-likeness (QED) is 0.569. The Balaban J connectivity index is 2.09. The number of nitrogens with one attached hydrogen (secondary N) is 2. The zero-order valence-corrected chi connectivity index (χ0v) is 15.5. The third-order valence-corrected chi connectivity index (χ3v) is 3.65. The number of anilines is 1. The summed E-state index contributed by atoms with van der Waals surface area (Å²) in [5.74, 6) is -2.23. The van der Waals surface area contributed by atoms with Crippen LogP contribution in [0.15, 0.2) is 54.6 Å². The number of carbonyl (C=O) groups excluding carboxylic acids is 3. The molecule has 0 aliphatic carbocycles. The molecule has 0 fully saturated rings. The van der Waals surface area contributed by atoms with Crippen LogP contribution < -0.4 is 21.1 Å². The van der Waals surface area contributed by atoms with Gasteiger partial charge in [-0.15, -0.1) is 13.2 Å². The van der Waals surface area contributed by atoms with Crippen molar-refractivity contribution in [1.29, 1.82) is 0 Å². The zero-order valence-electron chi connectivity index (χ0n) is 15.5. The average Bonchev–Trinajstić information content (AvgIpc) is 2.66. The van der Waals surface area contributed by atoms with Crippen molar-refractivity contribution in [1.82, 2.24) is 5.32 Å². The van der Waals surface area contributed by atoms with Gasteiger partial charge in [-0.2, -0.15) is 0 Å². The number of primary amides is 1. The number of rotatable bonds is 8. The van der Waals surface area contributed by atoms with E-state index in [0.29, 0.717) is 0 Å². The fourth-order valence-corrected chi connectivity index (χ4v) is 2.36. The SMILES string of the molecule is NC(=O)CCNC(=O)c1ccccc1NC(=O)/C=C/c1ccccc1OC(F)(F)F. The summed E-state index contributed by atoms with van der Waals surface area (Å²) in [5, 5.41) is 4.99. The largest absolute Gasteiger partial charge is 0.573 e. The molecule has 158 valence electrons. The third kappa shape index (κ3) is 7.30. The van der Waals surface area contributed by atoms with Gasteiger partial charge in [0.25, 0.3) is 5.91 Å². The van der Waals surface area contributed by atoms with Crippen LogP contribution in [0.2, 0.25) is 0 Å². The Bertz CT molecular complexity index is 958. The predicted molar refractivity (Wildman–Crippen MR) is 103 cm³/mol. The van der Waals surface area contributed by atoms with Gasteiger partial charge < -0.3 is 21.1 Å². The van der Waals surface area contributed by atoms with Crippen LogP contribution in [0.5, 0.6) is 5.75 Å². The van der Waals surface area contributed by atoms with Gasteiger partial charge in [-0.05, 0) is 24.3 Å². The summed E-state index contributed by atoms with van der Waals surface area (Å²) in [6.07, 6.45) is -2.73. The van der Waals surface area contributed by atoms with E-state index >= 15 is 0 Å². The van der Waals surface area contributed by atoms with Gasteiger partial charge in [0.2, 0.25) is 11.8 Å². The molecule has 0 unspecified atom stereocenters. The first-order valence-corrected chi connectivity index (χ1v) is 8.65. The zero-order chi connectivity index (χ0) is 22.1. The van der Waals surface area contributed by atoms with Crippen LogP contribution in [0.25, 0.3) is 6.08 Å². The second kappa shape index (κ2) is 10.1. The van der Waals surface area contributed by atoms with Crippen LogP contribution in [0.1, 0.15) is 22.3 Å². The molecule has 0 saturated carbocycles. The molecule has 2 aromatic carbocycles. The summed E-state index contributed by atoms with van der Waals surface area (Å²) < 4.78 is 41.3. The molecule has 10 heteroatoms. The molecule has 4 N–H and O–H groups in total. The molecule has 0 atom stereocenters. The van der Waals surface area contributed by atoms with Crippen molar-refractivity contribution in [3.8, 4) is 5.75 Å². The van der Waals surface area contributed by atoms with Crippen molar-refractivity contribution >= 4 is 29.5 Å². The van der Waals surface area contributed by atoms with Crippen LogP contribution >= 0.6 is 0 Å². The number of amides is 3. The molecule has 0 aliphatic rings. The summed E-state index contributed by atoms with van der Waals surface area (Å²) >= 11 is 0. The van der Waals surface area contributed by atoms with Crippen molar-refractivity contribution in [2.75, 3.05) is 11.9 Å². The number of hydrogen-bond acceptors (Lipinski definition) is 4. The fraction of sp³-hybridized carbons (Fsp3) is 0.150.